The van der Waals surface area contributed by atoms with Gasteiger partial charge in [-0.15, -0.1) is 0 Å². The second-order valence-electron chi connectivity index (χ2n) is 8.64. The van der Waals surface area contributed by atoms with Crippen LogP contribution in [0, 0.1) is 5.92 Å². The monoisotopic (exact) mass is 324 g/mol. The summed E-state index contributed by atoms with van der Waals surface area (Å²) in [6.07, 6.45) is 8.63. The Kier molecular flexibility index (Phi) is 6.35. The lowest BCUT2D eigenvalue weighted by atomic mass is 9.95. The molecule has 0 bridgehead atoms. The molecule has 134 valence electrons. The molecule has 0 radical (unpaired) electrons. The first-order valence-corrected chi connectivity index (χ1v) is 9.52. The summed E-state index contributed by atoms with van der Waals surface area (Å²) in [5, 5.41) is 3.87. The van der Waals surface area contributed by atoms with Crippen molar-refractivity contribution < 1.29 is 9.53 Å². The van der Waals surface area contributed by atoms with Gasteiger partial charge < -0.3 is 15.0 Å². The quantitative estimate of drug-likeness (QED) is 0.769. The zero-order valence-corrected chi connectivity index (χ0v) is 15.7. The standard InChI is InChI=1S/C19H36N2O2/c1-14-8-6-9-16(12-11-14)20-17-10-7-13-21(15(17)2)18(22)23-19(3,4)5/h14-17,20H,6-13H2,1-5H3. The zero-order chi connectivity index (χ0) is 17.0. The van der Waals surface area contributed by atoms with E-state index in [1.807, 2.05) is 25.7 Å². The van der Waals surface area contributed by atoms with E-state index in [0.717, 1.165) is 25.3 Å². The minimum Gasteiger partial charge on any atom is -0.444 e. The highest BCUT2D eigenvalue weighted by atomic mass is 16.6. The Hall–Kier alpha value is -0.770. The Morgan fingerprint density at radius 3 is 2.48 bits per heavy atom. The number of carbonyl (C=O) groups excluding carboxylic acids is 1. The van der Waals surface area contributed by atoms with Crippen molar-refractivity contribution in [1.82, 2.24) is 10.2 Å². The molecule has 2 rings (SSSR count). The SMILES string of the molecule is CC1CCCC(NC2CCCN(C(=O)OC(C)(C)C)C2C)CC1. The van der Waals surface area contributed by atoms with Crippen LogP contribution in [0.2, 0.25) is 0 Å². The number of hydrogen-bond donors (Lipinski definition) is 1. The van der Waals surface area contributed by atoms with Crippen molar-refractivity contribution in [3.05, 3.63) is 0 Å². The molecule has 23 heavy (non-hydrogen) atoms. The topological polar surface area (TPSA) is 41.6 Å². The maximum absolute atomic E-state index is 12.4. The molecule has 1 aliphatic heterocycles. The molecule has 1 aliphatic carbocycles. The third kappa shape index (κ3) is 5.66. The summed E-state index contributed by atoms with van der Waals surface area (Å²) < 4.78 is 5.58. The van der Waals surface area contributed by atoms with Crippen LogP contribution in [0.3, 0.4) is 0 Å². The highest BCUT2D eigenvalue weighted by molar-refractivity contribution is 5.68. The number of rotatable bonds is 2. The van der Waals surface area contributed by atoms with Gasteiger partial charge in [0.25, 0.3) is 0 Å². The summed E-state index contributed by atoms with van der Waals surface area (Å²) in [6, 6.07) is 1.22. The van der Waals surface area contributed by atoms with Crippen molar-refractivity contribution in [3.63, 3.8) is 0 Å². The number of amides is 1. The van der Waals surface area contributed by atoms with Gasteiger partial charge >= 0.3 is 6.09 Å². The highest BCUT2D eigenvalue weighted by Gasteiger charge is 2.34. The summed E-state index contributed by atoms with van der Waals surface area (Å²) in [5.74, 6) is 0.865. The lowest BCUT2D eigenvalue weighted by Gasteiger charge is -2.41. The van der Waals surface area contributed by atoms with Gasteiger partial charge in [0.15, 0.2) is 0 Å². The van der Waals surface area contributed by atoms with Crippen LogP contribution < -0.4 is 5.32 Å². The summed E-state index contributed by atoms with van der Waals surface area (Å²) in [7, 11) is 0. The predicted octanol–water partition coefficient (Wildman–Crippen LogP) is 4.33. The van der Waals surface area contributed by atoms with Crippen LogP contribution in [0.5, 0.6) is 0 Å². The normalized spacial score (nSPS) is 33.2. The number of carbonyl (C=O) groups is 1. The molecule has 0 aromatic carbocycles. The van der Waals surface area contributed by atoms with E-state index in [2.05, 4.69) is 19.2 Å². The van der Waals surface area contributed by atoms with Crippen LogP contribution in [0.15, 0.2) is 0 Å². The molecule has 2 fully saturated rings. The number of nitrogens with zero attached hydrogens (tertiary/aromatic N) is 1. The molecule has 4 unspecified atom stereocenters. The van der Waals surface area contributed by atoms with E-state index < -0.39 is 5.60 Å². The average Bonchev–Trinajstić information content (AvgIpc) is 2.64. The Balaban J connectivity index is 1.91. The maximum atomic E-state index is 12.4. The molecule has 4 atom stereocenters. The molecular weight excluding hydrogens is 288 g/mol. The van der Waals surface area contributed by atoms with Gasteiger partial charge in [0.2, 0.25) is 0 Å². The van der Waals surface area contributed by atoms with Gasteiger partial charge in [-0.1, -0.05) is 19.8 Å². The van der Waals surface area contributed by atoms with Gasteiger partial charge in [-0.2, -0.15) is 0 Å². The van der Waals surface area contributed by atoms with Crippen molar-refractivity contribution in [3.8, 4) is 0 Å². The smallest absolute Gasteiger partial charge is 0.410 e. The zero-order valence-electron chi connectivity index (χ0n) is 15.7. The third-order valence-corrected chi connectivity index (χ3v) is 5.32. The Morgan fingerprint density at radius 2 is 1.78 bits per heavy atom. The first kappa shape index (κ1) is 18.6. The van der Waals surface area contributed by atoms with Crippen LogP contribution >= 0.6 is 0 Å². The fraction of sp³-hybridized carbons (Fsp3) is 0.947. The summed E-state index contributed by atoms with van der Waals surface area (Å²) in [4.78, 5) is 14.4. The lowest BCUT2D eigenvalue weighted by Crippen LogP contribution is -2.57. The van der Waals surface area contributed by atoms with Gasteiger partial charge in [-0.25, -0.2) is 4.79 Å². The first-order chi connectivity index (χ1) is 10.8. The van der Waals surface area contributed by atoms with E-state index in [-0.39, 0.29) is 12.1 Å². The van der Waals surface area contributed by atoms with E-state index >= 15 is 0 Å². The summed E-state index contributed by atoms with van der Waals surface area (Å²) >= 11 is 0. The maximum Gasteiger partial charge on any atom is 0.410 e. The minimum atomic E-state index is -0.422. The van der Waals surface area contributed by atoms with E-state index in [1.165, 1.54) is 32.1 Å². The number of hydrogen-bond acceptors (Lipinski definition) is 3. The number of ether oxygens (including phenoxy) is 1. The molecule has 1 saturated carbocycles. The van der Waals surface area contributed by atoms with E-state index in [9.17, 15) is 4.79 Å². The summed E-state index contributed by atoms with van der Waals surface area (Å²) in [5.41, 5.74) is -0.422. The van der Waals surface area contributed by atoms with Crippen LogP contribution in [-0.2, 0) is 4.74 Å². The molecule has 1 N–H and O–H groups in total. The van der Waals surface area contributed by atoms with Gasteiger partial charge in [0.05, 0.1) is 0 Å². The first-order valence-electron chi connectivity index (χ1n) is 9.52. The van der Waals surface area contributed by atoms with Gasteiger partial charge in [0, 0.05) is 24.7 Å². The van der Waals surface area contributed by atoms with Crippen molar-refractivity contribution in [2.75, 3.05) is 6.54 Å². The van der Waals surface area contributed by atoms with Crippen molar-refractivity contribution >= 4 is 6.09 Å². The molecule has 2 aliphatic rings. The molecule has 1 heterocycles. The van der Waals surface area contributed by atoms with E-state index in [0.29, 0.717) is 12.1 Å². The van der Waals surface area contributed by atoms with Crippen molar-refractivity contribution in [2.45, 2.75) is 103 Å². The fourth-order valence-corrected chi connectivity index (χ4v) is 3.90. The van der Waals surface area contributed by atoms with Gasteiger partial charge in [0.1, 0.15) is 5.60 Å². The molecule has 1 saturated heterocycles. The molecule has 1 amide bonds. The Labute approximate surface area is 142 Å². The van der Waals surface area contributed by atoms with E-state index in [1.54, 1.807) is 0 Å². The fourth-order valence-electron chi connectivity index (χ4n) is 3.90. The second-order valence-corrected chi connectivity index (χ2v) is 8.64. The minimum absolute atomic E-state index is 0.161. The van der Waals surface area contributed by atoms with Crippen LogP contribution in [0.25, 0.3) is 0 Å². The molecule has 0 aromatic rings. The Bertz CT molecular complexity index is 391. The highest BCUT2D eigenvalue weighted by Crippen LogP contribution is 2.26. The van der Waals surface area contributed by atoms with Gasteiger partial charge in [-0.3, -0.25) is 0 Å². The average molecular weight is 325 g/mol. The summed E-state index contributed by atoms with van der Waals surface area (Å²) in [6.45, 7) is 11.2. The number of piperidine rings is 1. The third-order valence-electron chi connectivity index (χ3n) is 5.32. The van der Waals surface area contributed by atoms with Crippen LogP contribution in [0.4, 0.5) is 4.79 Å². The van der Waals surface area contributed by atoms with Crippen LogP contribution in [-0.4, -0.2) is 41.3 Å². The molecule has 4 heteroatoms. The lowest BCUT2D eigenvalue weighted by molar-refractivity contribution is 0.00618. The van der Waals surface area contributed by atoms with Crippen molar-refractivity contribution in [2.24, 2.45) is 5.92 Å². The van der Waals surface area contributed by atoms with Crippen LogP contribution in [0.1, 0.15) is 79.6 Å². The van der Waals surface area contributed by atoms with Crippen molar-refractivity contribution in [1.29, 1.82) is 0 Å². The molecular formula is C19H36N2O2. The second kappa shape index (κ2) is 7.87. The largest absolute Gasteiger partial charge is 0.444 e. The predicted molar refractivity (Wildman–Crippen MR) is 94.6 cm³/mol. The van der Waals surface area contributed by atoms with Gasteiger partial charge in [-0.05, 0) is 65.7 Å². The molecule has 4 nitrogen and oxygen atoms in total. The Morgan fingerprint density at radius 1 is 1.04 bits per heavy atom. The molecule has 0 aromatic heterocycles. The number of likely N-dealkylation sites (tertiary alicyclic amines) is 1. The molecule has 0 spiro atoms. The van der Waals surface area contributed by atoms with E-state index in [4.69, 9.17) is 4.74 Å². The number of nitrogens with one attached hydrogen (secondary N) is 1.